The van der Waals surface area contributed by atoms with Crippen LogP contribution in [-0.2, 0) is 4.79 Å². The minimum absolute atomic E-state index is 0.167. The third-order valence-electron chi connectivity index (χ3n) is 6.11. The van der Waals surface area contributed by atoms with Crippen LogP contribution < -0.4 is 15.8 Å². The van der Waals surface area contributed by atoms with Crippen LogP contribution in [0.1, 0.15) is 34.7 Å². The minimum atomic E-state index is -0.180. The van der Waals surface area contributed by atoms with E-state index in [9.17, 15) is 4.79 Å². The molecule has 2 atom stereocenters. The highest BCUT2D eigenvalue weighted by Crippen LogP contribution is 2.28. The number of carbonyl (C=O) groups excluding carboxylic acids is 1. The number of piperazine rings is 1. The first kappa shape index (κ1) is 20.2. The molecule has 0 radical (unpaired) electrons. The summed E-state index contributed by atoms with van der Waals surface area (Å²) in [6.45, 7) is 9.46. The molecule has 2 aromatic rings. The van der Waals surface area contributed by atoms with Crippen molar-refractivity contribution < 1.29 is 4.79 Å². The summed E-state index contributed by atoms with van der Waals surface area (Å²) < 4.78 is 0. The number of halogens is 1. The Kier molecular flexibility index (Phi) is 5.81. The maximum Gasteiger partial charge on any atom is 0.241 e. The number of hydrazine groups is 1. The molecule has 2 fully saturated rings. The van der Waals surface area contributed by atoms with Crippen LogP contribution in [0.4, 0.5) is 5.69 Å². The van der Waals surface area contributed by atoms with Gasteiger partial charge in [-0.15, -0.1) is 0 Å². The second-order valence-electron chi connectivity index (χ2n) is 8.23. The van der Waals surface area contributed by atoms with Crippen LogP contribution in [0.25, 0.3) is 0 Å². The lowest BCUT2D eigenvalue weighted by molar-refractivity contribution is -0.133. The lowest BCUT2D eigenvalue weighted by Gasteiger charge is -2.37. The SMILES string of the molecule is Cc1ccc(C2CC(C(=O)N3CCN(c4cc(Cl)ccc4C)CC3)NN2)c(C)c1. The molecule has 0 bridgehead atoms. The molecule has 4 rings (SSSR count). The molecule has 2 aliphatic rings. The summed E-state index contributed by atoms with van der Waals surface area (Å²) in [6, 6.07) is 12.5. The predicted octanol–water partition coefficient (Wildman–Crippen LogP) is 3.52. The molecule has 2 saturated heterocycles. The summed E-state index contributed by atoms with van der Waals surface area (Å²) in [5.41, 5.74) is 12.7. The van der Waals surface area contributed by atoms with Crippen LogP contribution in [0.3, 0.4) is 0 Å². The van der Waals surface area contributed by atoms with Gasteiger partial charge >= 0.3 is 0 Å². The van der Waals surface area contributed by atoms with Crippen molar-refractivity contribution in [3.05, 3.63) is 63.7 Å². The number of benzene rings is 2. The summed E-state index contributed by atoms with van der Waals surface area (Å²) in [6.07, 6.45) is 0.774. The summed E-state index contributed by atoms with van der Waals surface area (Å²) in [7, 11) is 0. The van der Waals surface area contributed by atoms with E-state index in [4.69, 9.17) is 11.6 Å². The van der Waals surface area contributed by atoms with Crippen molar-refractivity contribution in [3.63, 3.8) is 0 Å². The molecule has 0 spiro atoms. The lowest BCUT2D eigenvalue weighted by Crippen LogP contribution is -2.53. The molecule has 5 nitrogen and oxygen atoms in total. The molecule has 154 valence electrons. The van der Waals surface area contributed by atoms with E-state index in [0.29, 0.717) is 0 Å². The standard InChI is InChI=1S/C23H29ClN4O/c1-15-4-7-19(17(3)12-15)20-14-21(26-25-20)23(29)28-10-8-27(9-11-28)22-13-18(24)6-5-16(22)2/h4-7,12-13,20-21,25-26H,8-11,14H2,1-3H3. The molecule has 2 heterocycles. The van der Waals surface area contributed by atoms with Crippen molar-refractivity contribution in [1.29, 1.82) is 0 Å². The maximum atomic E-state index is 13.1. The van der Waals surface area contributed by atoms with Crippen LogP contribution in [0.2, 0.25) is 5.02 Å². The fraction of sp³-hybridized carbons (Fsp3) is 0.435. The molecule has 0 aromatic heterocycles. The smallest absolute Gasteiger partial charge is 0.241 e. The highest BCUT2D eigenvalue weighted by Gasteiger charge is 2.34. The van der Waals surface area contributed by atoms with Gasteiger partial charge in [0, 0.05) is 42.9 Å². The number of carbonyl (C=O) groups is 1. The number of amides is 1. The average molecular weight is 413 g/mol. The van der Waals surface area contributed by atoms with Gasteiger partial charge < -0.3 is 9.80 Å². The number of nitrogens with zero attached hydrogens (tertiary/aromatic N) is 2. The van der Waals surface area contributed by atoms with Gasteiger partial charge in [0.05, 0.1) is 0 Å². The second kappa shape index (κ2) is 8.34. The van der Waals surface area contributed by atoms with Gasteiger partial charge in [-0.05, 0) is 56.0 Å². The first-order valence-electron chi connectivity index (χ1n) is 10.3. The number of rotatable bonds is 3. The third-order valence-corrected chi connectivity index (χ3v) is 6.34. The lowest BCUT2D eigenvalue weighted by atomic mass is 9.96. The van der Waals surface area contributed by atoms with Gasteiger partial charge in [0.2, 0.25) is 5.91 Å². The Morgan fingerprint density at radius 3 is 2.45 bits per heavy atom. The van der Waals surface area contributed by atoms with E-state index in [0.717, 1.165) is 37.6 Å². The summed E-state index contributed by atoms with van der Waals surface area (Å²) in [4.78, 5) is 17.4. The van der Waals surface area contributed by atoms with Crippen molar-refractivity contribution in [3.8, 4) is 0 Å². The average Bonchev–Trinajstić information content (AvgIpc) is 3.19. The molecular weight excluding hydrogens is 384 g/mol. The van der Waals surface area contributed by atoms with E-state index in [-0.39, 0.29) is 18.0 Å². The van der Waals surface area contributed by atoms with Crippen LogP contribution in [-0.4, -0.2) is 43.0 Å². The van der Waals surface area contributed by atoms with E-state index in [1.54, 1.807) is 0 Å². The van der Waals surface area contributed by atoms with Crippen molar-refractivity contribution >= 4 is 23.2 Å². The Morgan fingerprint density at radius 1 is 0.966 bits per heavy atom. The van der Waals surface area contributed by atoms with E-state index in [1.807, 2.05) is 17.0 Å². The summed E-state index contributed by atoms with van der Waals surface area (Å²) in [5.74, 6) is 0.187. The van der Waals surface area contributed by atoms with E-state index in [1.165, 1.54) is 27.9 Å². The first-order chi connectivity index (χ1) is 13.9. The highest BCUT2D eigenvalue weighted by molar-refractivity contribution is 6.30. The molecule has 0 saturated carbocycles. The number of nitrogens with one attached hydrogen (secondary N) is 2. The number of anilines is 1. The van der Waals surface area contributed by atoms with E-state index < -0.39 is 0 Å². The van der Waals surface area contributed by atoms with Gasteiger partial charge in [-0.1, -0.05) is 41.4 Å². The molecule has 2 aliphatic heterocycles. The first-order valence-corrected chi connectivity index (χ1v) is 10.7. The summed E-state index contributed by atoms with van der Waals surface area (Å²) >= 11 is 6.18. The van der Waals surface area contributed by atoms with Crippen molar-refractivity contribution in [1.82, 2.24) is 15.8 Å². The monoisotopic (exact) mass is 412 g/mol. The van der Waals surface area contributed by atoms with Gasteiger partial charge in [0.1, 0.15) is 6.04 Å². The fourth-order valence-electron chi connectivity index (χ4n) is 4.45. The quantitative estimate of drug-likeness (QED) is 0.809. The van der Waals surface area contributed by atoms with Crippen molar-refractivity contribution in [2.24, 2.45) is 0 Å². The Hall–Kier alpha value is -2.08. The van der Waals surface area contributed by atoms with E-state index in [2.05, 4.69) is 60.8 Å². The number of aryl methyl sites for hydroxylation is 3. The minimum Gasteiger partial charge on any atom is -0.368 e. The molecule has 2 aromatic carbocycles. The normalized spacial score (nSPS) is 22.2. The zero-order valence-corrected chi connectivity index (χ0v) is 18.1. The van der Waals surface area contributed by atoms with Crippen molar-refractivity contribution in [2.45, 2.75) is 39.3 Å². The van der Waals surface area contributed by atoms with Gasteiger partial charge in [-0.2, -0.15) is 0 Å². The van der Waals surface area contributed by atoms with E-state index >= 15 is 0 Å². The second-order valence-corrected chi connectivity index (χ2v) is 8.67. The van der Waals surface area contributed by atoms with Gasteiger partial charge in [-0.3, -0.25) is 4.79 Å². The zero-order valence-electron chi connectivity index (χ0n) is 17.3. The Morgan fingerprint density at radius 2 is 1.72 bits per heavy atom. The molecule has 29 heavy (non-hydrogen) atoms. The van der Waals surface area contributed by atoms with Gasteiger partial charge in [0.15, 0.2) is 0 Å². The van der Waals surface area contributed by atoms with Gasteiger partial charge in [0.25, 0.3) is 0 Å². The molecule has 6 heteroatoms. The van der Waals surface area contributed by atoms with Crippen LogP contribution in [0.5, 0.6) is 0 Å². The topological polar surface area (TPSA) is 47.6 Å². The molecule has 2 N–H and O–H groups in total. The summed E-state index contributed by atoms with van der Waals surface area (Å²) in [5, 5.41) is 0.753. The third kappa shape index (κ3) is 4.27. The van der Waals surface area contributed by atoms with Crippen LogP contribution in [0.15, 0.2) is 36.4 Å². The number of hydrogen-bond acceptors (Lipinski definition) is 4. The molecule has 0 aliphatic carbocycles. The van der Waals surface area contributed by atoms with Crippen LogP contribution in [0, 0.1) is 20.8 Å². The van der Waals surface area contributed by atoms with Crippen molar-refractivity contribution in [2.75, 3.05) is 31.1 Å². The zero-order chi connectivity index (χ0) is 20.5. The van der Waals surface area contributed by atoms with Gasteiger partial charge in [-0.25, -0.2) is 10.9 Å². The van der Waals surface area contributed by atoms with Crippen LogP contribution >= 0.6 is 11.6 Å². The Balaban J connectivity index is 1.36. The number of hydrogen-bond donors (Lipinski definition) is 2. The Labute approximate surface area is 178 Å². The highest BCUT2D eigenvalue weighted by atomic mass is 35.5. The predicted molar refractivity (Wildman–Crippen MR) is 118 cm³/mol. The maximum absolute atomic E-state index is 13.1. The molecule has 1 amide bonds. The fourth-order valence-corrected chi connectivity index (χ4v) is 4.62. The largest absolute Gasteiger partial charge is 0.368 e. The molecular formula is C23H29ClN4O. The molecule has 2 unspecified atom stereocenters. The Bertz CT molecular complexity index is 908.